The SMILES string of the molecule is CCNC(=NCC(C(CC)CC)N1CCOCC1)NCCCOCC1CCOC1. The van der Waals surface area contributed by atoms with Crippen molar-refractivity contribution >= 4 is 5.96 Å². The Bertz CT molecular complexity index is 434. The van der Waals surface area contributed by atoms with Crippen molar-refractivity contribution in [2.45, 2.75) is 52.5 Å². The summed E-state index contributed by atoms with van der Waals surface area (Å²) in [5, 5.41) is 6.86. The van der Waals surface area contributed by atoms with Crippen LogP contribution in [0, 0.1) is 11.8 Å². The zero-order valence-electron chi connectivity index (χ0n) is 19.0. The number of guanidine groups is 1. The normalized spacial score (nSPS) is 22.2. The molecule has 2 atom stereocenters. The summed E-state index contributed by atoms with van der Waals surface area (Å²) in [6.07, 6.45) is 4.51. The first-order valence-electron chi connectivity index (χ1n) is 11.8. The summed E-state index contributed by atoms with van der Waals surface area (Å²) in [6.45, 7) is 16.4. The average Bonchev–Trinajstić information content (AvgIpc) is 3.27. The minimum absolute atomic E-state index is 0.487. The van der Waals surface area contributed by atoms with Crippen molar-refractivity contribution in [2.24, 2.45) is 16.8 Å². The van der Waals surface area contributed by atoms with E-state index in [4.69, 9.17) is 19.2 Å². The molecule has 2 aliphatic heterocycles. The number of nitrogens with one attached hydrogen (secondary N) is 2. The highest BCUT2D eigenvalue weighted by Gasteiger charge is 2.26. The lowest BCUT2D eigenvalue weighted by atomic mass is 9.92. The molecule has 0 spiro atoms. The van der Waals surface area contributed by atoms with Gasteiger partial charge in [-0.1, -0.05) is 26.7 Å². The van der Waals surface area contributed by atoms with E-state index in [-0.39, 0.29) is 0 Å². The first-order chi connectivity index (χ1) is 14.3. The number of hydrogen-bond acceptors (Lipinski definition) is 5. The predicted octanol–water partition coefficient (Wildman–Crippen LogP) is 2.12. The van der Waals surface area contributed by atoms with Crippen molar-refractivity contribution < 1.29 is 14.2 Å². The molecule has 2 fully saturated rings. The predicted molar refractivity (Wildman–Crippen MR) is 119 cm³/mol. The van der Waals surface area contributed by atoms with Crippen molar-refractivity contribution in [3.8, 4) is 0 Å². The van der Waals surface area contributed by atoms with Gasteiger partial charge in [0.25, 0.3) is 0 Å². The molecule has 0 saturated carbocycles. The molecule has 0 aliphatic carbocycles. The average molecular weight is 413 g/mol. The molecule has 2 aliphatic rings. The Morgan fingerprint density at radius 3 is 2.55 bits per heavy atom. The van der Waals surface area contributed by atoms with E-state index in [1.54, 1.807) is 0 Å². The van der Waals surface area contributed by atoms with Crippen LogP contribution in [0.5, 0.6) is 0 Å². The highest BCUT2D eigenvalue weighted by atomic mass is 16.5. The number of morpholine rings is 1. The number of hydrogen-bond donors (Lipinski definition) is 2. The van der Waals surface area contributed by atoms with Gasteiger partial charge in [0.05, 0.1) is 33.0 Å². The standard InChI is InChI=1S/C22H44N4O3/c1-4-20(5-2)21(26-10-14-27-15-11-26)16-25-22(23-6-3)24-9-7-12-28-17-19-8-13-29-18-19/h19-21H,4-18H2,1-3H3,(H2,23,24,25). The van der Waals surface area contributed by atoms with Gasteiger partial charge < -0.3 is 24.8 Å². The number of nitrogens with zero attached hydrogens (tertiary/aromatic N) is 2. The van der Waals surface area contributed by atoms with Gasteiger partial charge in [-0.25, -0.2) is 0 Å². The van der Waals surface area contributed by atoms with Gasteiger partial charge in [-0.15, -0.1) is 0 Å². The summed E-state index contributed by atoms with van der Waals surface area (Å²) in [5.41, 5.74) is 0. The Labute approximate surface area is 177 Å². The van der Waals surface area contributed by atoms with Gasteiger partial charge in [0.15, 0.2) is 5.96 Å². The summed E-state index contributed by atoms with van der Waals surface area (Å²) in [5.74, 6) is 2.18. The number of rotatable bonds is 13. The largest absolute Gasteiger partial charge is 0.381 e. The summed E-state index contributed by atoms with van der Waals surface area (Å²) >= 11 is 0. The van der Waals surface area contributed by atoms with Crippen LogP contribution in [0.3, 0.4) is 0 Å². The van der Waals surface area contributed by atoms with E-state index in [0.717, 1.165) is 91.2 Å². The van der Waals surface area contributed by atoms with Gasteiger partial charge in [-0.3, -0.25) is 9.89 Å². The van der Waals surface area contributed by atoms with Crippen molar-refractivity contribution in [3.05, 3.63) is 0 Å². The van der Waals surface area contributed by atoms with Gasteiger partial charge in [0, 0.05) is 51.4 Å². The maximum atomic E-state index is 5.80. The van der Waals surface area contributed by atoms with Crippen LogP contribution < -0.4 is 10.6 Å². The second kappa shape index (κ2) is 15.0. The molecule has 0 amide bonds. The van der Waals surface area contributed by atoms with Crippen molar-refractivity contribution in [2.75, 3.05) is 72.4 Å². The molecule has 0 aromatic heterocycles. The van der Waals surface area contributed by atoms with Gasteiger partial charge in [0.2, 0.25) is 0 Å². The van der Waals surface area contributed by atoms with Crippen LogP contribution >= 0.6 is 0 Å². The lowest BCUT2D eigenvalue weighted by Gasteiger charge is -2.38. The fraction of sp³-hybridized carbons (Fsp3) is 0.955. The third kappa shape index (κ3) is 9.20. The molecule has 0 aromatic carbocycles. The van der Waals surface area contributed by atoms with E-state index in [1.807, 2.05) is 0 Å². The van der Waals surface area contributed by atoms with Gasteiger partial charge in [-0.2, -0.15) is 0 Å². The minimum Gasteiger partial charge on any atom is -0.381 e. The van der Waals surface area contributed by atoms with Crippen LogP contribution in [-0.2, 0) is 14.2 Å². The van der Waals surface area contributed by atoms with Crippen molar-refractivity contribution in [3.63, 3.8) is 0 Å². The van der Waals surface area contributed by atoms with E-state index in [1.165, 1.54) is 12.8 Å². The Morgan fingerprint density at radius 2 is 1.90 bits per heavy atom. The lowest BCUT2D eigenvalue weighted by molar-refractivity contribution is 0.00395. The number of ether oxygens (including phenoxy) is 3. The van der Waals surface area contributed by atoms with Gasteiger partial charge in [-0.05, 0) is 25.7 Å². The minimum atomic E-state index is 0.487. The van der Waals surface area contributed by atoms with Crippen LogP contribution in [0.15, 0.2) is 4.99 Å². The maximum absolute atomic E-state index is 5.80. The molecule has 170 valence electrons. The molecule has 2 unspecified atom stereocenters. The second-order valence-electron chi connectivity index (χ2n) is 8.10. The Balaban J connectivity index is 1.76. The maximum Gasteiger partial charge on any atom is 0.191 e. The molecule has 2 heterocycles. The molecule has 2 saturated heterocycles. The molecule has 0 aromatic rings. The third-order valence-corrected chi connectivity index (χ3v) is 6.02. The summed E-state index contributed by atoms with van der Waals surface area (Å²) in [6, 6.07) is 0.487. The van der Waals surface area contributed by atoms with E-state index < -0.39 is 0 Å². The van der Waals surface area contributed by atoms with Gasteiger partial charge in [0.1, 0.15) is 0 Å². The molecule has 7 nitrogen and oxygen atoms in total. The summed E-state index contributed by atoms with van der Waals surface area (Å²) < 4.78 is 16.7. The fourth-order valence-electron chi connectivity index (χ4n) is 4.18. The second-order valence-corrected chi connectivity index (χ2v) is 8.10. The lowest BCUT2D eigenvalue weighted by Crippen LogP contribution is -2.49. The fourth-order valence-corrected chi connectivity index (χ4v) is 4.18. The van der Waals surface area contributed by atoms with E-state index in [9.17, 15) is 0 Å². The zero-order chi connectivity index (χ0) is 20.7. The third-order valence-electron chi connectivity index (χ3n) is 6.02. The quantitative estimate of drug-likeness (QED) is 0.274. The first-order valence-corrected chi connectivity index (χ1v) is 11.8. The monoisotopic (exact) mass is 412 g/mol. The van der Waals surface area contributed by atoms with Crippen LogP contribution in [-0.4, -0.2) is 89.3 Å². The van der Waals surface area contributed by atoms with Crippen molar-refractivity contribution in [1.29, 1.82) is 0 Å². The van der Waals surface area contributed by atoms with Crippen molar-refractivity contribution in [1.82, 2.24) is 15.5 Å². The first kappa shape index (κ1) is 24.4. The van der Waals surface area contributed by atoms with E-state index in [0.29, 0.717) is 17.9 Å². The van der Waals surface area contributed by atoms with Crippen LogP contribution in [0.4, 0.5) is 0 Å². The molecule has 2 N–H and O–H groups in total. The number of aliphatic imine (C=N–C) groups is 1. The van der Waals surface area contributed by atoms with Crippen LogP contribution in [0.1, 0.15) is 46.5 Å². The highest BCUT2D eigenvalue weighted by Crippen LogP contribution is 2.20. The summed E-state index contributed by atoms with van der Waals surface area (Å²) in [7, 11) is 0. The Hall–Kier alpha value is -0.890. The molecule has 7 heteroatoms. The zero-order valence-corrected chi connectivity index (χ0v) is 19.0. The smallest absolute Gasteiger partial charge is 0.191 e. The molecular weight excluding hydrogens is 368 g/mol. The molecule has 0 radical (unpaired) electrons. The molecule has 29 heavy (non-hydrogen) atoms. The molecule has 0 bridgehead atoms. The van der Waals surface area contributed by atoms with Crippen LogP contribution in [0.2, 0.25) is 0 Å². The van der Waals surface area contributed by atoms with E-state index in [2.05, 4.69) is 36.3 Å². The topological polar surface area (TPSA) is 67.4 Å². The molecule has 2 rings (SSSR count). The molecular formula is C22H44N4O3. The summed E-state index contributed by atoms with van der Waals surface area (Å²) in [4.78, 5) is 7.52. The van der Waals surface area contributed by atoms with Crippen LogP contribution in [0.25, 0.3) is 0 Å². The Kier molecular flexibility index (Phi) is 12.6. The Morgan fingerprint density at radius 1 is 1.10 bits per heavy atom. The highest BCUT2D eigenvalue weighted by molar-refractivity contribution is 5.79. The van der Waals surface area contributed by atoms with Gasteiger partial charge >= 0.3 is 0 Å². The van der Waals surface area contributed by atoms with E-state index >= 15 is 0 Å².